The Morgan fingerprint density at radius 1 is 1.07 bits per heavy atom. The maximum Gasteiger partial charge on any atom is 0.258 e. The summed E-state index contributed by atoms with van der Waals surface area (Å²) < 4.78 is 17.7. The van der Waals surface area contributed by atoms with E-state index in [4.69, 9.17) is 14.2 Å². The summed E-state index contributed by atoms with van der Waals surface area (Å²) in [5.41, 5.74) is 0.670. The van der Waals surface area contributed by atoms with Crippen LogP contribution in [0.1, 0.15) is 12.7 Å². The molecule has 3 rings (SSSR count). The fraction of sp³-hybridized carbons (Fsp3) is 0.333. The summed E-state index contributed by atoms with van der Waals surface area (Å²) in [4.78, 5) is 11.8. The summed E-state index contributed by atoms with van der Waals surface area (Å²) in [7, 11) is 1.59. The number of nitrogens with zero attached hydrogens (tertiary/aromatic N) is 4. The number of carbonyl (C=O) groups excluding carboxylic acids is 1. The Morgan fingerprint density at radius 3 is 2.59 bits per heavy atom. The Bertz CT molecular complexity index is 894. The minimum Gasteiger partial charge on any atom is -0.497 e. The molecule has 27 heavy (non-hydrogen) atoms. The zero-order valence-corrected chi connectivity index (χ0v) is 15.2. The van der Waals surface area contributed by atoms with E-state index < -0.39 is 0 Å². The van der Waals surface area contributed by atoms with Crippen LogP contribution < -0.4 is 19.5 Å². The van der Waals surface area contributed by atoms with Crippen LogP contribution in [0.15, 0.2) is 36.4 Å². The standard InChI is InChI=1S/C18H21N5O4/c1-3-15-20-21-16-8-9-18(22-23(15)16)26-11-10-19-17(24)12-27-14-6-4-13(25-2)5-7-14/h4-9H,3,10-12H2,1-2H3,(H,19,24). The Balaban J connectivity index is 1.39. The molecule has 0 fully saturated rings. The highest BCUT2D eigenvalue weighted by Crippen LogP contribution is 2.16. The van der Waals surface area contributed by atoms with E-state index in [9.17, 15) is 4.79 Å². The summed E-state index contributed by atoms with van der Waals surface area (Å²) in [6.45, 7) is 2.54. The molecule has 0 saturated heterocycles. The summed E-state index contributed by atoms with van der Waals surface area (Å²) in [5, 5.41) is 15.1. The van der Waals surface area contributed by atoms with Crippen molar-refractivity contribution in [3.05, 3.63) is 42.2 Å². The van der Waals surface area contributed by atoms with Crippen molar-refractivity contribution in [2.24, 2.45) is 0 Å². The predicted octanol–water partition coefficient (Wildman–Crippen LogP) is 1.27. The number of rotatable bonds is 9. The van der Waals surface area contributed by atoms with Gasteiger partial charge in [-0.1, -0.05) is 6.92 Å². The molecule has 9 heteroatoms. The Kier molecular flexibility index (Phi) is 6.03. The van der Waals surface area contributed by atoms with Gasteiger partial charge >= 0.3 is 0 Å². The number of ether oxygens (including phenoxy) is 3. The minimum absolute atomic E-state index is 0.0723. The van der Waals surface area contributed by atoms with Gasteiger partial charge in [0.05, 0.1) is 13.7 Å². The van der Waals surface area contributed by atoms with Gasteiger partial charge in [0.25, 0.3) is 5.91 Å². The molecule has 0 saturated carbocycles. The summed E-state index contributed by atoms with van der Waals surface area (Å²) in [6.07, 6.45) is 0.724. The van der Waals surface area contributed by atoms with Gasteiger partial charge in [-0.15, -0.1) is 15.3 Å². The molecule has 0 aliphatic carbocycles. The molecule has 1 N–H and O–H groups in total. The highest BCUT2D eigenvalue weighted by atomic mass is 16.5. The van der Waals surface area contributed by atoms with Gasteiger partial charge < -0.3 is 19.5 Å². The molecular formula is C18H21N5O4. The summed E-state index contributed by atoms with van der Waals surface area (Å²) >= 11 is 0. The molecule has 142 valence electrons. The first kappa shape index (κ1) is 18.4. The largest absolute Gasteiger partial charge is 0.497 e. The lowest BCUT2D eigenvalue weighted by molar-refractivity contribution is -0.123. The molecule has 0 bridgehead atoms. The third kappa shape index (κ3) is 4.84. The molecule has 0 radical (unpaired) electrons. The maximum absolute atomic E-state index is 11.8. The number of hydrogen-bond donors (Lipinski definition) is 1. The van der Waals surface area contributed by atoms with Crippen LogP contribution in [0, 0.1) is 0 Å². The van der Waals surface area contributed by atoms with Crippen LogP contribution in [-0.4, -0.2) is 52.6 Å². The smallest absolute Gasteiger partial charge is 0.258 e. The lowest BCUT2D eigenvalue weighted by Gasteiger charge is -2.09. The molecule has 2 heterocycles. The molecule has 0 aliphatic rings. The number of nitrogens with one attached hydrogen (secondary N) is 1. The van der Waals surface area contributed by atoms with Crippen molar-refractivity contribution in [3.8, 4) is 17.4 Å². The third-order valence-electron chi connectivity index (χ3n) is 3.72. The van der Waals surface area contributed by atoms with Crippen LogP contribution in [-0.2, 0) is 11.2 Å². The number of methoxy groups -OCH3 is 1. The van der Waals surface area contributed by atoms with Crippen molar-refractivity contribution in [3.63, 3.8) is 0 Å². The average molecular weight is 371 g/mol. The van der Waals surface area contributed by atoms with Crippen molar-refractivity contribution in [1.29, 1.82) is 0 Å². The van der Waals surface area contributed by atoms with Crippen molar-refractivity contribution in [1.82, 2.24) is 25.1 Å². The van der Waals surface area contributed by atoms with Gasteiger partial charge in [-0.3, -0.25) is 4.79 Å². The molecule has 0 atom stereocenters. The quantitative estimate of drug-likeness (QED) is 0.565. The Hall–Kier alpha value is -3.36. The molecular weight excluding hydrogens is 350 g/mol. The lowest BCUT2D eigenvalue weighted by atomic mass is 10.3. The van der Waals surface area contributed by atoms with E-state index in [0.29, 0.717) is 23.8 Å². The number of fused-ring (bicyclic) bond motifs is 1. The van der Waals surface area contributed by atoms with Gasteiger partial charge in [0.2, 0.25) is 5.88 Å². The zero-order chi connectivity index (χ0) is 19.1. The van der Waals surface area contributed by atoms with E-state index >= 15 is 0 Å². The Labute approximate surface area is 156 Å². The van der Waals surface area contributed by atoms with Crippen LogP contribution in [0.25, 0.3) is 5.65 Å². The van der Waals surface area contributed by atoms with Crippen LogP contribution in [0.4, 0.5) is 0 Å². The second-order valence-corrected chi connectivity index (χ2v) is 5.57. The first-order chi connectivity index (χ1) is 13.2. The van der Waals surface area contributed by atoms with E-state index in [1.165, 1.54) is 0 Å². The van der Waals surface area contributed by atoms with Gasteiger partial charge in [-0.2, -0.15) is 4.52 Å². The number of carbonyl (C=O) groups is 1. The van der Waals surface area contributed by atoms with E-state index in [1.54, 1.807) is 48.0 Å². The average Bonchev–Trinajstić information content (AvgIpc) is 3.12. The van der Waals surface area contributed by atoms with Crippen LogP contribution in [0.5, 0.6) is 17.4 Å². The second-order valence-electron chi connectivity index (χ2n) is 5.57. The number of aromatic nitrogens is 4. The minimum atomic E-state index is -0.232. The number of aryl methyl sites for hydroxylation is 1. The molecule has 9 nitrogen and oxygen atoms in total. The first-order valence-electron chi connectivity index (χ1n) is 8.57. The molecule has 0 unspecified atom stereocenters. The van der Waals surface area contributed by atoms with Gasteiger partial charge in [-0.05, 0) is 30.3 Å². The zero-order valence-electron chi connectivity index (χ0n) is 15.2. The van der Waals surface area contributed by atoms with Gasteiger partial charge in [0, 0.05) is 12.5 Å². The fourth-order valence-corrected chi connectivity index (χ4v) is 2.33. The SMILES string of the molecule is CCc1nnc2ccc(OCCNC(=O)COc3ccc(OC)cc3)nn12. The van der Waals surface area contributed by atoms with E-state index in [2.05, 4.69) is 20.6 Å². The highest BCUT2D eigenvalue weighted by Gasteiger charge is 2.07. The van der Waals surface area contributed by atoms with E-state index in [-0.39, 0.29) is 19.1 Å². The van der Waals surface area contributed by atoms with E-state index in [0.717, 1.165) is 18.0 Å². The molecule has 1 amide bonds. The summed E-state index contributed by atoms with van der Waals surface area (Å²) in [6, 6.07) is 10.5. The van der Waals surface area contributed by atoms with Crippen molar-refractivity contribution < 1.29 is 19.0 Å². The van der Waals surface area contributed by atoms with Crippen molar-refractivity contribution >= 4 is 11.6 Å². The van der Waals surface area contributed by atoms with Crippen LogP contribution >= 0.6 is 0 Å². The van der Waals surface area contributed by atoms with Crippen LogP contribution in [0.3, 0.4) is 0 Å². The van der Waals surface area contributed by atoms with Crippen LogP contribution in [0.2, 0.25) is 0 Å². The van der Waals surface area contributed by atoms with Gasteiger partial charge in [-0.25, -0.2) is 0 Å². The Morgan fingerprint density at radius 2 is 1.85 bits per heavy atom. The monoisotopic (exact) mass is 371 g/mol. The van der Waals surface area contributed by atoms with Crippen molar-refractivity contribution in [2.75, 3.05) is 26.9 Å². The molecule has 0 aliphatic heterocycles. The fourth-order valence-electron chi connectivity index (χ4n) is 2.33. The molecule has 2 aromatic heterocycles. The topological polar surface area (TPSA) is 99.9 Å². The molecule has 3 aromatic rings. The number of amides is 1. The normalized spacial score (nSPS) is 10.6. The highest BCUT2D eigenvalue weighted by molar-refractivity contribution is 5.77. The number of hydrogen-bond acceptors (Lipinski definition) is 7. The lowest BCUT2D eigenvalue weighted by Crippen LogP contribution is -2.32. The molecule has 0 spiro atoms. The maximum atomic E-state index is 11.8. The first-order valence-corrected chi connectivity index (χ1v) is 8.57. The van der Waals surface area contributed by atoms with Crippen molar-refractivity contribution in [2.45, 2.75) is 13.3 Å². The van der Waals surface area contributed by atoms with E-state index in [1.807, 2.05) is 6.92 Å². The second kappa shape index (κ2) is 8.84. The van der Waals surface area contributed by atoms with Gasteiger partial charge in [0.15, 0.2) is 18.1 Å². The van der Waals surface area contributed by atoms with Gasteiger partial charge in [0.1, 0.15) is 18.1 Å². The summed E-state index contributed by atoms with van der Waals surface area (Å²) in [5.74, 6) is 2.30. The predicted molar refractivity (Wildman–Crippen MR) is 97.2 cm³/mol. The third-order valence-corrected chi connectivity index (χ3v) is 3.72. The number of benzene rings is 1. The molecule has 1 aromatic carbocycles.